The van der Waals surface area contributed by atoms with Crippen molar-refractivity contribution in [2.45, 2.75) is 38.5 Å². The molecule has 2 heterocycles. The van der Waals surface area contributed by atoms with E-state index >= 15 is 0 Å². The molecule has 0 bridgehead atoms. The minimum Gasteiger partial charge on any atom is -0.369 e. The highest BCUT2D eigenvalue weighted by Gasteiger charge is 2.23. The molecule has 1 fully saturated rings. The predicted molar refractivity (Wildman–Crippen MR) is 119 cm³/mol. The average Bonchev–Trinajstić information content (AvgIpc) is 3.04. The molecular formula is C23H27FN4OS. The van der Waals surface area contributed by atoms with Gasteiger partial charge in [0.2, 0.25) is 5.91 Å². The second kappa shape index (κ2) is 9.59. The number of hydrogen-bond acceptors (Lipinski definition) is 5. The van der Waals surface area contributed by atoms with Crippen molar-refractivity contribution in [1.29, 1.82) is 5.26 Å². The van der Waals surface area contributed by atoms with Gasteiger partial charge in [-0.1, -0.05) is 12.8 Å². The summed E-state index contributed by atoms with van der Waals surface area (Å²) in [7, 11) is 0. The lowest BCUT2D eigenvalue weighted by Gasteiger charge is -2.35. The number of benzene rings is 1. The third kappa shape index (κ3) is 4.82. The molecule has 1 aromatic heterocycles. The smallest absolute Gasteiger partial charge is 0.239 e. The van der Waals surface area contributed by atoms with E-state index in [0.29, 0.717) is 12.1 Å². The normalized spacial score (nSPS) is 17.5. The Morgan fingerprint density at radius 3 is 2.47 bits per heavy atom. The van der Waals surface area contributed by atoms with Gasteiger partial charge in [-0.05, 0) is 55.5 Å². The highest BCUT2D eigenvalue weighted by atomic mass is 32.1. The summed E-state index contributed by atoms with van der Waals surface area (Å²) in [6.45, 7) is 3.48. The first-order chi connectivity index (χ1) is 14.6. The number of anilines is 2. The molecule has 1 saturated heterocycles. The van der Waals surface area contributed by atoms with Gasteiger partial charge in [-0.3, -0.25) is 9.69 Å². The Kier molecular flexibility index (Phi) is 6.66. The second-order valence-electron chi connectivity index (χ2n) is 8.02. The maximum Gasteiger partial charge on any atom is 0.239 e. The molecular weight excluding hydrogens is 399 g/mol. The van der Waals surface area contributed by atoms with Gasteiger partial charge in [0.15, 0.2) is 0 Å². The minimum atomic E-state index is -0.229. The maximum absolute atomic E-state index is 13.1. The molecule has 7 heteroatoms. The van der Waals surface area contributed by atoms with Gasteiger partial charge in [0.05, 0.1) is 12.1 Å². The summed E-state index contributed by atoms with van der Waals surface area (Å²) in [5.74, 6) is -0.289. The Morgan fingerprint density at radius 2 is 1.77 bits per heavy atom. The SMILES string of the molecule is N#Cc1c(NC(=O)CN2CCN(c3ccc(F)cc3)CC2)sc2c1CCCCCC2. The quantitative estimate of drug-likeness (QED) is 0.797. The number of nitrogens with one attached hydrogen (secondary N) is 1. The lowest BCUT2D eigenvalue weighted by Crippen LogP contribution is -2.48. The monoisotopic (exact) mass is 426 g/mol. The first kappa shape index (κ1) is 20.8. The van der Waals surface area contributed by atoms with Crippen molar-refractivity contribution in [3.63, 3.8) is 0 Å². The van der Waals surface area contributed by atoms with E-state index in [1.54, 1.807) is 23.5 Å². The van der Waals surface area contributed by atoms with Gasteiger partial charge >= 0.3 is 0 Å². The first-order valence-electron chi connectivity index (χ1n) is 10.7. The summed E-state index contributed by atoms with van der Waals surface area (Å²) in [5.41, 5.74) is 2.84. The largest absolute Gasteiger partial charge is 0.369 e. The molecule has 2 aromatic rings. The van der Waals surface area contributed by atoms with Crippen molar-refractivity contribution >= 4 is 27.9 Å². The predicted octanol–water partition coefficient (Wildman–Crippen LogP) is 4.18. The van der Waals surface area contributed by atoms with Gasteiger partial charge in [0.25, 0.3) is 0 Å². The van der Waals surface area contributed by atoms with Crippen LogP contribution >= 0.6 is 11.3 Å². The Labute approximate surface area is 181 Å². The molecule has 4 rings (SSSR count). The molecule has 1 aromatic carbocycles. The van der Waals surface area contributed by atoms with Crippen LogP contribution in [0.4, 0.5) is 15.1 Å². The fraction of sp³-hybridized carbons (Fsp3) is 0.478. The second-order valence-corrected chi connectivity index (χ2v) is 9.13. The zero-order valence-corrected chi connectivity index (χ0v) is 17.9. The van der Waals surface area contributed by atoms with Crippen LogP contribution in [-0.2, 0) is 17.6 Å². The van der Waals surface area contributed by atoms with Crippen LogP contribution in [0.15, 0.2) is 24.3 Å². The van der Waals surface area contributed by atoms with E-state index in [2.05, 4.69) is 21.2 Å². The highest BCUT2D eigenvalue weighted by molar-refractivity contribution is 7.16. The zero-order chi connectivity index (χ0) is 20.9. The number of fused-ring (bicyclic) bond motifs is 1. The standard InChI is InChI=1S/C23H27FN4OS/c24-17-7-9-18(10-8-17)28-13-11-27(12-14-28)16-22(29)26-23-20(15-25)19-5-3-1-2-4-6-21(19)30-23/h7-10H,1-6,11-14,16H2,(H,26,29). The lowest BCUT2D eigenvalue weighted by molar-refractivity contribution is -0.117. The third-order valence-electron chi connectivity index (χ3n) is 5.97. The van der Waals surface area contributed by atoms with Gasteiger partial charge < -0.3 is 10.2 Å². The van der Waals surface area contributed by atoms with E-state index in [1.165, 1.54) is 29.9 Å². The summed E-state index contributed by atoms with van der Waals surface area (Å²) in [6.07, 6.45) is 6.68. The highest BCUT2D eigenvalue weighted by Crippen LogP contribution is 2.36. The molecule has 30 heavy (non-hydrogen) atoms. The number of halogens is 1. The Bertz CT molecular complexity index is 926. The number of carbonyl (C=O) groups is 1. The van der Waals surface area contributed by atoms with Crippen LogP contribution in [0.25, 0.3) is 0 Å². The van der Waals surface area contributed by atoms with Crippen LogP contribution in [0.2, 0.25) is 0 Å². The van der Waals surface area contributed by atoms with Gasteiger partial charge in [-0.2, -0.15) is 5.26 Å². The Balaban J connectivity index is 1.34. The molecule has 0 unspecified atom stereocenters. The number of nitrogens with zero attached hydrogens (tertiary/aromatic N) is 3. The number of piperazine rings is 1. The third-order valence-corrected chi connectivity index (χ3v) is 7.17. The zero-order valence-electron chi connectivity index (χ0n) is 17.1. The van der Waals surface area contributed by atoms with Crippen molar-refractivity contribution in [2.24, 2.45) is 0 Å². The van der Waals surface area contributed by atoms with Crippen LogP contribution in [0, 0.1) is 17.1 Å². The fourth-order valence-electron chi connectivity index (χ4n) is 4.31. The Morgan fingerprint density at radius 1 is 1.07 bits per heavy atom. The molecule has 1 aliphatic carbocycles. The molecule has 1 aliphatic heterocycles. The number of thiophene rings is 1. The van der Waals surface area contributed by atoms with E-state index in [9.17, 15) is 14.4 Å². The molecule has 0 spiro atoms. The van der Waals surface area contributed by atoms with Crippen LogP contribution in [0.3, 0.4) is 0 Å². The van der Waals surface area contributed by atoms with Gasteiger partial charge in [-0.15, -0.1) is 11.3 Å². The van der Waals surface area contributed by atoms with E-state index < -0.39 is 0 Å². The van der Waals surface area contributed by atoms with Crippen LogP contribution in [0.1, 0.15) is 41.7 Å². The summed E-state index contributed by atoms with van der Waals surface area (Å²) in [6, 6.07) is 8.89. The molecule has 2 aliphatic rings. The molecule has 1 N–H and O–H groups in total. The number of carbonyl (C=O) groups excluding carboxylic acids is 1. The van der Waals surface area contributed by atoms with Gasteiger partial charge in [0.1, 0.15) is 16.9 Å². The van der Waals surface area contributed by atoms with E-state index in [1.807, 2.05) is 0 Å². The van der Waals surface area contributed by atoms with Gasteiger partial charge in [0, 0.05) is 36.7 Å². The molecule has 5 nitrogen and oxygen atoms in total. The van der Waals surface area contributed by atoms with Crippen molar-refractivity contribution in [3.05, 3.63) is 46.1 Å². The first-order valence-corrected chi connectivity index (χ1v) is 11.5. The topological polar surface area (TPSA) is 59.4 Å². The summed E-state index contributed by atoms with van der Waals surface area (Å²) >= 11 is 1.59. The average molecular weight is 427 g/mol. The summed E-state index contributed by atoms with van der Waals surface area (Å²) < 4.78 is 13.1. The van der Waals surface area contributed by atoms with Crippen molar-refractivity contribution in [2.75, 3.05) is 42.9 Å². The molecule has 158 valence electrons. The van der Waals surface area contributed by atoms with E-state index in [-0.39, 0.29) is 11.7 Å². The van der Waals surface area contributed by atoms with Crippen molar-refractivity contribution < 1.29 is 9.18 Å². The van der Waals surface area contributed by atoms with Crippen LogP contribution in [-0.4, -0.2) is 43.5 Å². The van der Waals surface area contributed by atoms with Crippen molar-refractivity contribution in [1.82, 2.24) is 4.90 Å². The molecule has 0 atom stereocenters. The number of amides is 1. The van der Waals surface area contributed by atoms with E-state index in [0.717, 1.165) is 68.1 Å². The van der Waals surface area contributed by atoms with Crippen molar-refractivity contribution in [3.8, 4) is 6.07 Å². The molecule has 0 saturated carbocycles. The lowest BCUT2D eigenvalue weighted by atomic mass is 9.97. The fourth-order valence-corrected chi connectivity index (χ4v) is 5.57. The van der Waals surface area contributed by atoms with E-state index in [4.69, 9.17) is 0 Å². The number of rotatable bonds is 4. The molecule has 0 radical (unpaired) electrons. The number of nitriles is 1. The minimum absolute atomic E-state index is 0.0593. The van der Waals surface area contributed by atoms with Crippen LogP contribution < -0.4 is 10.2 Å². The summed E-state index contributed by atoms with van der Waals surface area (Å²) in [5, 5.41) is 13.4. The Hall–Kier alpha value is -2.43. The maximum atomic E-state index is 13.1. The number of aryl methyl sites for hydroxylation is 1. The molecule has 1 amide bonds. The number of hydrogen-bond donors (Lipinski definition) is 1. The van der Waals surface area contributed by atoms with Gasteiger partial charge in [-0.25, -0.2) is 4.39 Å². The summed E-state index contributed by atoms with van der Waals surface area (Å²) in [4.78, 5) is 18.3. The van der Waals surface area contributed by atoms with Crippen LogP contribution in [0.5, 0.6) is 0 Å².